The lowest BCUT2D eigenvalue weighted by Gasteiger charge is -2.17. The minimum Gasteiger partial charge on any atom is -0.309 e. The van der Waals surface area contributed by atoms with Crippen molar-refractivity contribution >= 4 is 43.2 Å². The number of hydrogen-bond donors (Lipinski definition) is 1. The van der Waals surface area contributed by atoms with Gasteiger partial charge in [-0.25, -0.2) is 4.39 Å². The molecule has 2 aromatic rings. The standard InChI is InChI=1S/C12H10Br2FNS/c1-16-12(9-5-6-10(14)17-9)11-7(13)3-2-4-8(11)15/h2-6,12,16H,1H3. The van der Waals surface area contributed by atoms with E-state index in [1.54, 1.807) is 17.4 Å². The Labute approximate surface area is 120 Å². The molecule has 0 aliphatic heterocycles. The zero-order valence-electron chi connectivity index (χ0n) is 9.01. The van der Waals surface area contributed by atoms with Gasteiger partial charge in [-0.15, -0.1) is 11.3 Å². The maximum absolute atomic E-state index is 13.9. The Morgan fingerprint density at radius 2 is 2.00 bits per heavy atom. The van der Waals surface area contributed by atoms with E-state index in [1.807, 2.05) is 25.2 Å². The van der Waals surface area contributed by atoms with Gasteiger partial charge in [0.2, 0.25) is 0 Å². The summed E-state index contributed by atoms with van der Waals surface area (Å²) in [6.07, 6.45) is 0. The first-order chi connectivity index (χ1) is 8.13. The number of nitrogens with one attached hydrogen (secondary N) is 1. The molecule has 0 radical (unpaired) electrons. The molecule has 1 atom stereocenters. The lowest BCUT2D eigenvalue weighted by molar-refractivity contribution is 0.577. The third-order valence-corrected chi connectivity index (χ3v) is 4.84. The Kier molecular flexibility index (Phi) is 4.36. The average molecular weight is 379 g/mol. The second-order valence-electron chi connectivity index (χ2n) is 3.50. The Balaban J connectivity index is 2.49. The summed E-state index contributed by atoms with van der Waals surface area (Å²) < 4.78 is 15.7. The van der Waals surface area contributed by atoms with Crippen LogP contribution in [0.5, 0.6) is 0 Å². The molecule has 2 rings (SSSR count). The third kappa shape index (κ3) is 2.78. The molecule has 0 saturated heterocycles. The lowest BCUT2D eigenvalue weighted by Crippen LogP contribution is -2.18. The van der Waals surface area contributed by atoms with E-state index in [2.05, 4.69) is 37.2 Å². The molecule has 0 saturated carbocycles. The maximum atomic E-state index is 13.9. The summed E-state index contributed by atoms with van der Waals surface area (Å²) in [6, 6.07) is 8.86. The fraction of sp³-hybridized carbons (Fsp3) is 0.167. The second kappa shape index (κ2) is 5.61. The molecule has 0 bridgehead atoms. The molecule has 90 valence electrons. The van der Waals surface area contributed by atoms with Crippen LogP contribution in [0.3, 0.4) is 0 Å². The van der Waals surface area contributed by atoms with Gasteiger partial charge in [-0.3, -0.25) is 0 Å². The highest BCUT2D eigenvalue weighted by Crippen LogP contribution is 2.35. The molecule has 0 aliphatic rings. The maximum Gasteiger partial charge on any atom is 0.129 e. The quantitative estimate of drug-likeness (QED) is 0.814. The van der Waals surface area contributed by atoms with Crippen LogP contribution in [0.15, 0.2) is 38.6 Å². The van der Waals surface area contributed by atoms with E-state index in [1.165, 1.54) is 6.07 Å². The van der Waals surface area contributed by atoms with E-state index in [4.69, 9.17) is 0 Å². The van der Waals surface area contributed by atoms with E-state index in [9.17, 15) is 4.39 Å². The fourth-order valence-corrected chi connectivity index (χ4v) is 3.81. The van der Waals surface area contributed by atoms with Gasteiger partial charge in [0, 0.05) is 14.9 Å². The Hall–Kier alpha value is -0.230. The second-order valence-corrected chi connectivity index (χ2v) is 6.85. The number of halogens is 3. The van der Waals surface area contributed by atoms with Gasteiger partial charge < -0.3 is 5.32 Å². The van der Waals surface area contributed by atoms with Crippen molar-refractivity contribution < 1.29 is 4.39 Å². The van der Waals surface area contributed by atoms with Crippen LogP contribution < -0.4 is 5.32 Å². The first-order valence-electron chi connectivity index (χ1n) is 5.00. The van der Waals surface area contributed by atoms with Gasteiger partial charge >= 0.3 is 0 Å². The van der Waals surface area contributed by atoms with Gasteiger partial charge in [-0.05, 0) is 47.2 Å². The van der Waals surface area contributed by atoms with Gasteiger partial charge in [0.1, 0.15) is 5.82 Å². The molecule has 1 unspecified atom stereocenters. The SMILES string of the molecule is CNC(c1ccc(Br)s1)c1c(F)cccc1Br. The lowest BCUT2D eigenvalue weighted by atomic mass is 10.1. The van der Waals surface area contributed by atoms with Gasteiger partial charge in [0.15, 0.2) is 0 Å². The van der Waals surface area contributed by atoms with Crippen molar-refractivity contribution in [2.24, 2.45) is 0 Å². The van der Waals surface area contributed by atoms with Crippen molar-refractivity contribution in [2.45, 2.75) is 6.04 Å². The normalized spacial score (nSPS) is 12.7. The first-order valence-corrected chi connectivity index (χ1v) is 7.40. The van der Waals surface area contributed by atoms with Crippen LogP contribution in [0, 0.1) is 5.82 Å². The molecular weight excluding hydrogens is 369 g/mol. The Morgan fingerprint density at radius 3 is 2.53 bits per heavy atom. The smallest absolute Gasteiger partial charge is 0.129 e. The molecule has 1 heterocycles. The Morgan fingerprint density at radius 1 is 1.24 bits per heavy atom. The van der Waals surface area contributed by atoms with E-state index in [0.717, 1.165) is 13.1 Å². The van der Waals surface area contributed by atoms with Crippen LogP contribution in [-0.2, 0) is 0 Å². The molecule has 17 heavy (non-hydrogen) atoms. The Bertz CT molecular complexity index is 507. The van der Waals surface area contributed by atoms with Crippen molar-refractivity contribution in [2.75, 3.05) is 7.05 Å². The minimum absolute atomic E-state index is 0.137. The predicted molar refractivity (Wildman–Crippen MR) is 77.0 cm³/mol. The van der Waals surface area contributed by atoms with Crippen molar-refractivity contribution in [1.82, 2.24) is 5.32 Å². The monoisotopic (exact) mass is 377 g/mol. The van der Waals surface area contributed by atoms with Crippen LogP contribution in [0.4, 0.5) is 4.39 Å². The van der Waals surface area contributed by atoms with Gasteiger partial charge in [0.25, 0.3) is 0 Å². The number of rotatable bonds is 3. The van der Waals surface area contributed by atoms with Gasteiger partial charge in [-0.2, -0.15) is 0 Å². The third-order valence-electron chi connectivity index (χ3n) is 2.46. The van der Waals surface area contributed by atoms with Crippen molar-refractivity contribution in [3.8, 4) is 0 Å². The van der Waals surface area contributed by atoms with E-state index >= 15 is 0 Å². The van der Waals surface area contributed by atoms with Crippen molar-refractivity contribution in [3.05, 3.63) is 54.8 Å². The average Bonchev–Trinajstić information content (AvgIpc) is 2.70. The summed E-state index contributed by atoms with van der Waals surface area (Å²) in [5.74, 6) is -0.205. The fourth-order valence-electron chi connectivity index (χ4n) is 1.70. The van der Waals surface area contributed by atoms with E-state index in [-0.39, 0.29) is 11.9 Å². The van der Waals surface area contributed by atoms with Crippen LogP contribution in [-0.4, -0.2) is 7.05 Å². The van der Waals surface area contributed by atoms with Crippen LogP contribution in [0.2, 0.25) is 0 Å². The molecule has 0 amide bonds. The molecule has 1 nitrogen and oxygen atoms in total. The van der Waals surface area contributed by atoms with Crippen molar-refractivity contribution in [1.29, 1.82) is 0 Å². The van der Waals surface area contributed by atoms with Crippen LogP contribution >= 0.6 is 43.2 Å². The van der Waals surface area contributed by atoms with Gasteiger partial charge in [0.05, 0.1) is 9.83 Å². The van der Waals surface area contributed by atoms with Crippen LogP contribution in [0.1, 0.15) is 16.5 Å². The number of hydrogen-bond acceptors (Lipinski definition) is 2. The van der Waals surface area contributed by atoms with Crippen molar-refractivity contribution in [3.63, 3.8) is 0 Å². The van der Waals surface area contributed by atoms with E-state index < -0.39 is 0 Å². The minimum atomic E-state index is -0.205. The number of benzene rings is 1. The molecule has 1 aromatic heterocycles. The molecular formula is C12H10Br2FNS. The zero-order valence-corrected chi connectivity index (χ0v) is 13.0. The summed E-state index contributed by atoms with van der Waals surface area (Å²) in [6.45, 7) is 0. The highest BCUT2D eigenvalue weighted by atomic mass is 79.9. The molecule has 0 fully saturated rings. The van der Waals surface area contributed by atoms with Gasteiger partial charge in [-0.1, -0.05) is 22.0 Å². The summed E-state index contributed by atoms with van der Waals surface area (Å²) in [4.78, 5) is 1.07. The summed E-state index contributed by atoms with van der Waals surface area (Å²) in [7, 11) is 1.83. The largest absolute Gasteiger partial charge is 0.309 e. The molecule has 0 aliphatic carbocycles. The highest BCUT2D eigenvalue weighted by Gasteiger charge is 2.20. The first kappa shape index (κ1) is 13.2. The number of thiophene rings is 1. The topological polar surface area (TPSA) is 12.0 Å². The summed E-state index contributed by atoms with van der Waals surface area (Å²) in [5.41, 5.74) is 0.643. The van der Waals surface area contributed by atoms with Crippen LogP contribution in [0.25, 0.3) is 0 Å². The van der Waals surface area contributed by atoms with E-state index in [0.29, 0.717) is 5.56 Å². The molecule has 0 spiro atoms. The highest BCUT2D eigenvalue weighted by molar-refractivity contribution is 9.11. The predicted octanol–water partition coefficient (Wildman–Crippen LogP) is 4.72. The summed E-state index contributed by atoms with van der Waals surface area (Å²) in [5, 5.41) is 3.15. The summed E-state index contributed by atoms with van der Waals surface area (Å²) >= 11 is 8.43. The zero-order chi connectivity index (χ0) is 12.4. The molecule has 1 N–H and O–H groups in total. The molecule has 5 heteroatoms. The molecule has 1 aromatic carbocycles.